The molecule has 2 atom stereocenters. The van der Waals surface area contributed by atoms with Crippen molar-refractivity contribution >= 4 is 32.4 Å². The number of hydrogen-bond donors (Lipinski definition) is 2. The molecule has 1 aromatic heterocycles. The molecule has 1 amide bonds. The van der Waals surface area contributed by atoms with Crippen LogP contribution in [-0.2, 0) is 20.2 Å². The first-order chi connectivity index (χ1) is 15.9. The van der Waals surface area contributed by atoms with Crippen molar-refractivity contribution in [3.05, 3.63) is 59.7 Å². The molecule has 34 heavy (non-hydrogen) atoms. The molecule has 7 nitrogen and oxygen atoms in total. The Morgan fingerprint density at radius 1 is 1.09 bits per heavy atom. The summed E-state index contributed by atoms with van der Waals surface area (Å²) in [5.74, 6) is -0.691. The zero-order chi connectivity index (χ0) is 25.1. The summed E-state index contributed by atoms with van der Waals surface area (Å²) in [5.41, 5.74) is 2.95. The van der Waals surface area contributed by atoms with Gasteiger partial charge in [0.15, 0.2) is 0 Å². The summed E-state index contributed by atoms with van der Waals surface area (Å²) in [7, 11) is -3.90. The van der Waals surface area contributed by atoms with Crippen LogP contribution in [0.3, 0.4) is 0 Å². The lowest BCUT2D eigenvalue weighted by Gasteiger charge is -2.23. The highest BCUT2D eigenvalue weighted by Gasteiger charge is 2.30. The van der Waals surface area contributed by atoms with Gasteiger partial charge in [0.2, 0.25) is 21.1 Å². The molecular weight excluding hydrogens is 468 g/mol. The topological polar surface area (TPSA) is 101 Å². The Morgan fingerprint density at radius 2 is 1.76 bits per heavy atom. The standard InChI is InChI=1S/C25H32N4O3S2/c1-7-17(3)21(29-34(31,32)20-13-11-19(12-14-20)25(4,5)6)22(30)26-24-28-27-23(33-24)18-10-8-9-16(2)15-18/h8-15,17,21,29H,7H2,1-6H3,(H,26,28,30)/t17-,21-/m1/s1. The van der Waals surface area contributed by atoms with E-state index in [9.17, 15) is 13.2 Å². The fraction of sp³-hybridized carbons (Fsp3) is 0.400. The summed E-state index contributed by atoms with van der Waals surface area (Å²) in [6, 6.07) is 13.7. The van der Waals surface area contributed by atoms with Crippen molar-refractivity contribution in [2.24, 2.45) is 5.92 Å². The second-order valence-corrected chi connectivity index (χ2v) is 12.2. The van der Waals surface area contributed by atoms with Crippen LogP contribution in [0.5, 0.6) is 0 Å². The van der Waals surface area contributed by atoms with Crippen LogP contribution in [0.2, 0.25) is 0 Å². The van der Waals surface area contributed by atoms with Crippen molar-refractivity contribution < 1.29 is 13.2 Å². The molecule has 0 bridgehead atoms. The van der Waals surface area contributed by atoms with Crippen molar-refractivity contribution in [2.45, 2.75) is 64.3 Å². The van der Waals surface area contributed by atoms with Crippen LogP contribution in [-0.4, -0.2) is 30.6 Å². The summed E-state index contributed by atoms with van der Waals surface area (Å²) in [4.78, 5) is 13.2. The molecule has 0 aliphatic rings. The first-order valence-corrected chi connectivity index (χ1v) is 13.5. The number of aromatic nitrogens is 2. The van der Waals surface area contributed by atoms with Gasteiger partial charge in [-0.3, -0.25) is 10.1 Å². The number of benzene rings is 2. The van der Waals surface area contributed by atoms with E-state index in [0.717, 1.165) is 16.7 Å². The monoisotopic (exact) mass is 500 g/mol. The number of amides is 1. The fourth-order valence-electron chi connectivity index (χ4n) is 3.38. The maximum absolute atomic E-state index is 13.1. The second kappa shape index (κ2) is 10.3. The van der Waals surface area contributed by atoms with Gasteiger partial charge in [-0.25, -0.2) is 8.42 Å². The van der Waals surface area contributed by atoms with E-state index in [-0.39, 0.29) is 16.2 Å². The van der Waals surface area contributed by atoms with Gasteiger partial charge in [0.1, 0.15) is 11.0 Å². The zero-order valence-corrected chi connectivity index (χ0v) is 22.0. The van der Waals surface area contributed by atoms with Crippen LogP contribution >= 0.6 is 11.3 Å². The quantitative estimate of drug-likeness (QED) is 0.446. The molecule has 0 aliphatic heterocycles. The second-order valence-electron chi connectivity index (χ2n) is 9.53. The van der Waals surface area contributed by atoms with Gasteiger partial charge in [0.05, 0.1) is 4.90 Å². The first kappa shape index (κ1) is 26.0. The molecule has 0 aliphatic carbocycles. The molecule has 182 valence electrons. The minimum Gasteiger partial charge on any atom is -0.299 e. The average Bonchev–Trinajstić information content (AvgIpc) is 3.25. The lowest BCUT2D eigenvalue weighted by Crippen LogP contribution is -2.47. The normalized spacial score (nSPS) is 13.9. The number of carbonyl (C=O) groups excluding carboxylic acids is 1. The SMILES string of the molecule is CC[C@@H](C)[C@@H](NS(=O)(=O)c1ccc(C(C)(C)C)cc1)C(=O)Nc1nnc(-c2cccc(C)c2)s1. The van der Waals surface area contributed by atoms with Crippen LogP contribution in [0.25, 0.3) is 10.6 Å². The molecule has 0 saturated carbocycles. The molecule has 0 radical (unpaired) electrons. The van der Waals surface area contributed by atoms with E-state index in [1.807, 2.05) is 45.0 Å². The van der Waals surface area contributed by atoms with Crippen molar-refractivity contribution in [3.8, 4) is 10.6 Å². The van der Waals surface area contributed by atoms with E-state index < -0.39 is 22.0 Å². The van der Waals surface area contributed by atoms with Gasteiger partial charge in [0.25, 0.3) is 0 Å². The molecule has 1 heterocycles. The highest BCUT2D eigenvalue weighted by Crippen LogP contribution is 2.28. The minimum absolute atomic E-state index is 0.0894. The molecule has 3 aromatic rings. The highest BCUT2D eigenvalue weighted by molar-refractivity contribution is 7.89. The zero-order valence-electron chi connectivity index (χ0n) is 20.4. The molecule has 2 aromatic carbocycles. The van der Waals surface area contributed by atoms with Crippen molar-refractivity contribution in [3.63, 3.8) is 0 Å². The largest absolute Gasteiger partial charge is 0.299 e. The van der Waals surface area contributed by atoms with Crippen LogP contribution in [0, 0.1) is 12.8 Å². The summed E-state index contributed by atoms with van der Waals surface area (Å²) < 4.78 is 28.8. The number of sulfonamides is 1. The van der Waals surface area contributed by atoms with E-state index in [4.69, 9.17) is 0 Å². The third kappa shape index (κ3) is 6.28. The number of rotatable bonds is 8. The third-order valence-corrected chi connectivity index (χ3v) is 8.07. The van der Waals surface area contributed by atoms with Gasteiger partial charge < -0.3 is 0 Å². The van der Waals surface area contributed by atoms with Gasteiger partial charge in [0, 0.05) is 5.56 Å². The number of nitrogens with zero attached hydrogens (tertiary/aromatic N) is 2. The van der Waals surface area contributed by atoms with E-state index in [1.165, 1.54) is 11.3 Å². The van der Waals surface area contributed by atoms with Crippen molar-refractivity contribution in [1.82, 2.24) is 14.9 Å². The van der Waals surface area contributed by atoms with Gasteiger partial charge in [-0.05, 0) is 42.0 Å². The number of carbonyl (C=O) groups is 1. The lowest BCUT2D eigenvalue weighted by atomic mass is 9.87. The first-order valence-electron chi connectivity index (χ1n) is 11.2. The number of nitrogens with one attached hydrogen (secondary N) is 2. The molecule has 9 heteroatoms. The molecule has 0 fully saturated rings. The molecule has 0 spiro atoms. The Kier molecular flexibility index (Phi) is 7.90. The van der Waals surface area contributed by atoms with Gasteiger partial charge in [-0.2, -0.15) is 4.72 Å². The van der Waals surface area contributed by atoms with Crippen molar-refractivity contribution in [2.75, 3.05) is 5.32 Å². The number of aryl methyl sites for hydroxylation is 1. The Labute approximate surface area is 206 Å². The van der Waals surface area contributed by atoms with E-state index in [1.54, 1.807) is 24.3 Å². The summed E-state index contributed by atoms with van der Waals surface area (Å²) in [6.45, 7) is 11.9. The Hall–Kier alpha value is -2.62. The van der Waals surface area contributed by atoms with Crippen molar-refractivity contribution in [1.29, 1.82) is 0 Å². The molecule has 2 N–H and O–H groups in total. The maximum Gasteiger partial charge on any atom is 0.244 e. The van der Waals surface area contributed by atoms with Crippen LogP contribution < -0.4 is 10.0 Å². The molecule has 0 unspecified atom stereocenters. The summed E-state index contributed by atoms with van der Waals surface area (Å²) >= 11 is 1.25. The number of anilines is 1. The summed E-state index contributed by atoms with van der Waals surface area (Å²) in [5, 5.41) is 12.0. The molecule has 3 rings (SSSR count). The van der Waals surface area contributed by atoms with Gasteiger partial charge >= 0.3 is 0 Å². The summed E-state index contributed by atoms with van der Waals surface area (Å²) in [6.07, 6.45) is 0.619. The van der Waals surface area contributed by atoms with E-state index in [0.29, 0.717) is 16.6 Å². The Morgan fingerprint density at radius 3 is 2.35 bits per heavy atom. The van der Waals surface area contributed by atoms with Crippen LogP contribution in [0.15, 0.2) is 53.4 Å². The number of hydrogen-bond acceptors (Lipinski definition) is 6. The Balaban J connectivity index is 1.78. The maximum atomic E-state index is 13.1. The van der Waals surface area contributed by atoms with E-state index in [2.05, 4.69) is 41.0 Å². The Bertz CT molecular complexity index is 1250. The van der Waals surface area contributed by atoms with E-state index >= 15 is 0 Å². The lowest BCUT2D eigenvalue weighted by molar-refractivity contribution is -0.118. The predicted molar refractivity (Wildman–Crippen MR) is 137 cm³/mol. The van der Waals surface area contributed by atoms with Gasteiger partial charge in [-0.15, -0.1) is 10.2 Å². The predicted octanol–water partition coefficient (Wildman–Crippen LogP) is 5.14. The molecular formula is C25H32N4O3S2. The average molecular weight is 501 g/mol. The van der Waals surface area contributed by atoms with Crippen LogP contribution in [0.1, 0.15) is 52.2 Å². The third-order valence-electron chi connectivity index (χ3n) is 5.73. The fourth-order valence-corrected chi connectivity index (χ4v) is 5.43. The minimum atomic E-state index is -3.90. The highest BCUT2D eigenvalue weighted by atomic mass is 32.2. The smallest absolute Gasteiger partial charge is 0.244 e. The van der Waals surface area contributed by atoms with Gasteiger partial charge in [-0.1, -0.05) is 88.3 Å². The molecule has 0 saturated heterocycles. The van der Waals surface area contributed by atoms with Crippen LogP contribution in [0.4, 0.5) is 5.13 Å².